The fraction of sp³-hybridized carbons (Fsp3) is 0.286. The number of hydrazine groups is 1. The summed E-state index contributed by atoms with van der Waals surface area (Å²) in [5.41, 5.74) is 5.34. The van der Waals surface area contributed by atoms with Crippen LogP contribution in [-0.2, 0) is 9.59 Å². The summed E-state index contributed by atoms with van der Waals surface area (Å²) >= 11 is 15.2. The fourth-order valence-corrected chi connectivity index (χ4v) is 3.33. The van der Waals surface area contributed by atoms with Crippen LogP contribution < -0.4 is 20.9 Å². The normalized spacial score (nSPS) is 10.3. The smallest absolute Gasteiger partial charge is 0.269 e. The number of carbonyl (C=O) groups is 3. The van der Waals surface area contributed by atoms with Crippen LogP contribution in [0.15, 0.2) is 40.9 Å². The van der Waals surface area contributed by atoms with Crippen LogP contribution in [-0.4, -0.2) is 24.3 Å². The minimum atomic E-state index is -0.510. The molecule has 0 radical (unpaired) electrons. The molecule has 0 saturated carbocycles. The van der Waals surface area contributed by atoms with Crippen molar-refractivity contribution in [3.63, 3.8) is 0 Å². The Bertz CT molecular complexity index is 956. The van der Waals surface area contributed by atoms with Crippen molar-refractivity contribution in [2.24, 2.45) is 0 Å². The molecule has 10 heteroatoms. The van der Waals surface area contributed by atoms with Crippen molar-refractivity contribution in [1.29, 1.82) is 0 Å². The number of benzene rings is 2. The summed E-state index contributed by atoms with van der Waals surface area (Å²) in [5, 5.41) is 3.34. The maximum atomic E-state index is 12.2. The van der Waals surface area contributed by atoms with E-state index in [1.807, 2.05) is 0 Å². The van der Waals surface area contributed by atoms with Crippen LogP contribution in [0.25, 0.3) is 0 Å². The van der Waals surface area contributed by atoms with E-state index in [9.17, 15) is 14.4 Å². The summed E-state index contributed by atoms with van der Waals surface area (Å²) < 4.78 is 6.26. The SMILES string of the molecule is CCCCOc1ccc(C(=O)NNC(=O)CCC(=O)Nc2ccc(Cl)cc2Cl)cc1Br. The van der Waals surface area contributed by atoms with Crippen molar-refractivity contribution >= 4 is 62.5 Å². The molecule has 0 bridgehead atoms. The number of rotatable bonds is 9. The monoisotopic (exact) mass is 529 g/mol. The number of hydrogen-bond acceptors (Lipinski definition) is 4. The zero-order valence-corrected chi connectivity index (χ0v) is 19.9. The third-order valence-electron chi connectivity index (χ3n) is 4.05. The van der Waals surface area contributed by atoms with Gasteiger partial charge in [0.05, 0.1) is 21.8 Å². The lowest BCUT2D eigenvalue weighted by Gasteiger charge is -2.11. The summed E-state index contributed by atoms with van der Waals surface area (Å²) in [6.45, 7) is 2.66. The molecule has 0 aromatic heterocycles. The van der Waals surface area contributed by atoms with Crippen molar-refractivity contribution < 1.29 is 19.1 Å². The Morgan fingerprint density at radius 3 is 2.42 bits per heavy atom. The molecule has 0 unspecified atom stereocenters. The van der Waals surface area contributed by atoms with Gasteiger partial charge in [-0.05, 0) is 58.7 Å². The first-order valence-corrected chi connectivity index (χ1v) is 11.1. The molecular weight excluding hydrogens is 509 g/mol. The Hall–Kier alpha value is -2.29. The van der Waals surface area contributed by atoms with Gasteiger partial charge in [-0.25, -0.2) is 0 Å². The van der Waals surface area contributed by atoms with Gasteiger partial charge in [-0.2, -0.15) is 0 Å². The molecule has 0 aliphatic rings. The molecule has 0 aliphatic heterocycles. The molecule has 0 aliphatic carbocycles. The Kier molecular flexibility index (Phi) is 10.1. The predicted molar refractivity (Wildman–Crippen MR) is 124 cm³/mol. The molecule has 0 fully saturated rings. The van der Waals surface area contributed by atoms with Gasteiger partial charge in [0.1, 0.15) is 5.75 Å². The van der Waals surface area contributed by atoms with Gasteiger partial charge in [-0.3, -0.25) is 25.2 Å². The van der Waals surface area contributed by atoms with Gasteiger partial charge in [0.2, 0.25) is 11.8 Å². The summed E-state index contributed by atoms with van der Waals surface area (Å²) in [5.74, 6) is -0.759. The van der Waals surface area contributed by atoms with Crippen LogP contribution in [0.1, 0.15) is 43.0 Å². The highest BCUT2D eigenvalue weighted by molar-refractivity contribution is 9.10. The van der Waals surface area contributed by atoms with E-state index in [-0.39, 0.29) is 12.8 Å². The number of hydrogen-bond donors (Lipinski definition) is 3. The van der Waals surface area contributed by atoms with Crippen LogP contribution in [0.2, 0.25) is 10.0 Å². The first-order chi connectivity index (χ1) is 14.8. The summed E-state index contributed by atoms with van der Waals surface area (Å²) in [4.78, 5) is 36.2. The van der Waals surface area contributed by atoms with Crippen LogP contribution >= 0.6 is 39.1 Å². The van der Waals surface area contributed by atoms with Crippen molar-refractivity contribution in [3.8, 4) is 5.75 Å². The molecule has 0 spiro atoms. The molecule has 31 heavy (non-hydrogen) atoms. The number of nitrogens with one attached hydrogen (secondary N) is 3. The van der Waals surface area contributed by atoms with Gasteiger partial charge in [-0.15, -0.1) is 0 Å². The molecule has 0 saturated heterocycles. The van der Waals surface area contributed by atoms with E-state index in [4.69, 9.17) is 27.9 Å². The third kappa shape index (κ3) is 8.40. The third-order valence-corrected chi connectivity index (χ3v) is 5.22. The van der Waals surface area contributed by atoms with Crippen molar-refractivity contribution in [2.75, 3.05) is 11.9 Å². The Morgan fingerprint density at radius 2 is 1.74 bits per heavy atom. The topological polar surface area (TPSA) is 96.5 Å². The molecule has 0 heterocycles. The summed E-state index contributed by atoms with van der Waals surface area (Å²) in [7, 11) is 0. The molecule has 166 valence electrons. The number of unbranched alkanes of at least 4 members (excludes halogenated alkanes) is 1. The second-order valence-electron chi connectivity index (χ2n) is 6.52. The van der Waals surface area contributed by atoms with Crippen LogP contribution in [0, 0.1) is 0 Å². The Balaban J connectivity index is 1.77. The average molecular weight is 531 g/mol. The van der Waals surface area contributed by atoms with E-state index in [2.05, 4.69) is 39.0 Å². The minimum Gasteiger partial charge on any atom is -0.492 e. The largest absolute Gasteiger partial charge is 0.492 e. The molecule has 3 amide bonds. The number of ether oxygens (including phenoxy) is 1. The summed E-state index contributed by atoms with van der Waals surface area (Å²) in [6.07, 6.45) is 1.75. The van der Waals surface area contributed by atoms with E-state index < -0.39 is 17.7 Å². The lowest BCUT2D eigenvalue weighted by Crippen LogP contribution is -2.41. The first kappa shape index (κ1) is 25.0. The van der Waals surface area contributed by atoms with E-state index in [1.54, 1.807) is 30.3 Å². The molecular formula is C21H22BrCl2N3O4. The highest BCUT2D eigenvalue weighted by atomic mass is 79.9. The zero-order chi connectivity index (χ0) is 22.8. The van der Waals surface area contributed by atoms with Crippen molar-refractivity contribution in [1.82, 2.24) is 10.9 Å². The molecule has 0 atom stereocenters. The van der Waals surface area contributed by atoms with E-state index in [0.29, 0.717) is 38.1 Å². The van der Waals surface area contributed by atoms with Gasteiger partial charge in [0.25, 0.3) is 5.91 Å². The lowest BCUT2D eigenvalue weighted by molar-refractivity contribution is -0.124. The highest BCUT2D eigenvalue weighted by Gasteiger charge is 2.12. The molecule has 3 N–H and O–H groups in total. The zero-order valence-electron chi connectivity index (χ0n) is 16.8. The molecule has 2 aromatic carbocycles. The number of halogens is 3. The van der Waals surface area contributed by atoms with Gasteiger partial charge < -0.3 is 10.1 Å². The van der Waals surface area contributed by atoms with E-state index in [1.165, 1.54) is 6.07 Å². The maximum Gasteiger partial charge on any atom is 0.269 e. The first-order valence-electron chi connectivity index (χ1n) is 9.56. The number of carbonyl (C=O) groups excluding carboxylic acids is 3. The standard InChI is InChI=1S/C21H22BrCl2N3O4/c1-2-3-10-31-18-7-4-13(11-15(18)22)21(30)27-26-20(29)9-8-19(28)25-17-6-5-14(23)12-16(17)24/h4-7,11-12H,2-3,8-10H2,1H3,(H,25,28)(H,26,29)(H,27,30). The van der Waals surface area contributed by atoms with Crippen molar-refractivity contribution in [3.05, 3.63) is 56.5 Å². The molecule has 2 rings (SSSR count). The van der Waals surface area contributed by atoms with Crippen LogP contribution in [0.5, 0.6) is 5.75 Å². The van der Waals surface area contributed by atoms with Gasteiger partial charge >= 0.3 is 0 Å². The van der Waals surface area contributed by atoms with Gasteiger partial charge in [0, 0.05) is 23.4 Å². The number of amides is 3. The summed E-state index contributed by atoms with van der Waals surface area (Å²) in [6, 6.07) is 9.55. The second-order valence-corrected chi connectivity index (χ2v) is 8.22. The Labute approximate surface area is 198 Å². The van der Waals surface area contributed by atoms with Crippen LogP contribution in [0.3, 0.4) is 0 Å². The lowest BCUT2D eigenvalue weighted by atomic mass is 10.2. The van der Waals surface area contributed by atoms with Crippen molar-refractivity contribution in [2.45, 2.75) is 32.6 Å². The quantitative estimate of drug-likeness (QED) is 0.310. The minimum absolute atomic E-state index is 0.0873. The van der Waals surface area contributed by atoms with Gasteiger partial charge in [0.15, 0.2) is 0 Å². The fourth-order valence-electron chi connectivity index (χ4n) is 2.38. The highest BCUT2D eigenvalue weighted by Crippen LogP contribution is 2.26. The van der Waals surface area contributed by atoms with Crippen LogP contribution in [0.4, 0.5) is 5.69 Å². The molecule has 2 aromatic rings. The second kappa shape index (κ2) is 12.5. The maximum absolute atomic E-state index is 12.2. The van der Waals surface area contributed by atoms with E-state index >= 15 is 0 Å². The van der Waals surface area contributed by atoms with E-state index in [0.717, 1.165) is 12.8 Å². The molecule has 7 nitrogen and oxygen atoms in total. The van der Waals surface area contributed by atoms with Gasteiger partial charge in [-0.1, -0.05) is 36.5 Å². The number of anilines is 1. The Morgan fingerprint density at radius 1 is 1.00 bits per heavy atom. The predicted octanol–water partition coefficient (Wildman–Crippen LogP) is 5.11. The average Bonchev–Trinajstić information content (AvgIpc) is 2.73.